The van der Waals surface area contributed by atoms with Crippen LogP contribution in [-0.2, 0) is 0 Å². The zero-order chi connectivity index (χ0) is 23.0. The minimum absolute atomic E-state index is 0. The van der Waals surface area contributed by atoms with E-state index in [1.807, 2.05) is 6.92 Å². The van der Waals surface area contributed by atoms with Gasteiger partial charge < -0.3 is 10.6 Å². The van der Waals surface area contributed by atoms with Crippen molar-refractivity contribution in [3.63, 3.8) is 0 Å². The number of nitrogen functional groups attached to an aromatic ring is 1. The van der Waals surface area contributed by atoms with Crippen LogP contribution in [0.4, 0.5) is 29.1 Å². The highest BCUT2D eigenvalue weighted by atomic mass is 32.1. The molecule has 0 radical (unpaired) electrons. The van der Waals surface area contributed by atoms with Crippen LogP contribution in [0.2, 0.25) is 0 Å². The lowest BCUT2D eigenvalue weighted by atomic mass is 10.1. The van der Waals surface area contributed by atoms with E-state index in [9.17, 15) is 22.4 Å². The van der Waals surface area contributed by atoms with Gasteiger partial charge in [-0.2, -0.15) is 31.8 Å². The first-order valence-corrected chi connectivity index (χ1v) is 9.59. The summed E-state index contributed by atoms with van der Waals surface area (Å²) in [6.45, 7) is 2.10. The van der Waals surface area contributed by atoms with Crippen molar-refractivity contribution in [2.24, 2.45) is 0 Å². The molecule has 3 heterocycles. The van der Waals surface area contributed by atoms with Crippen molar-refractivity contribution in [2.75, 3.05) is 17.2 Å². The molecule has 1 amide bonds. The first kappa shape index (κ1) is 24.1. The molecule has 0 saturated carbocycles. The van der Waals surface area contributed by atoms with E-state index in [1.165, 1.54) is 29.4 Å². The van der Waals surface area contributed by atoms with Gasteiger partial charge in [-0.1, -0.05) is 24.0 Å². The molecule has 1 unspecified atom stereocenters. The molecule has 33 heavy (non-hydrogen) atoms. The number of nitrogens with two attached hydrogens (primary N) is 1. The lowest BCUT2D eigenvalue weighted by molar-refractivity contribution is -0.182. The maximum Gasteiger partial charge on any atom is 0.423 e. The molecule has 0 spiro atoms. The summed E-state index contributed by atoms with van der Waals surface area (Å²) < 4.78 is 53.0. The van der Waals surface area contributed by atoms with Crippen molar-refractivity contribution in [2.45, 2.75) is 25.3 Å². The lowest BCUT2D eigenvalue weighted by Gasteiger charge is -2.32. The van der Waals surface area contributed by atoms with Crippen LogP contribution >= 0.6 is 13.5 Å². The van der Waals surface area contributed by atoms with Gasteiger partial charge in [-0.05, 0) is 36.8 Å². The van der Waals surface area contributed by atoms with Crippen LogP contribution in [-0.4, -0.2) is 33.4 Å². The van der Waals surface area contributed by atoms with Gasteiger partial charge >= 0.3 is 6.18 Å². The van der Waals surface area contributed by atoms with Crippen LogP contribution < -0.4 is 10.6 Å². The van der Waals surface area contributed by atoms with Crippen LogP contribution in [0.5, 0.6) is 0 Å². The van der Waals surface area contributed by atoms with Gasteiger partial charge in [-0.15, -0.1) is 0 Å². The number of anilines is 2. The van der Waals surface area contributed by atoms with E-state index >= 15 is 0 Å². The van der Waals surface area contributed by atoms with Crippen molar-refractivity contribution in [3.8, 4) is 11.8 Å². The minimum atomic E-state index is -4.99. The highest BCUT2D eigenvalue weighted by molar-refractivity contribution is 7.59. The van der Waals surface area contributed by atoms with Crippen LogP contribution in [0.3, 0.4) is 0 Å². The van der Waals surface area contributed by atoms with Crippen LogP contribution in [0.25, 0.3) is 0 Å². The third-order valence-electron chi connectivity index (χ3n) is 5.02. The molecule has 3 aromatic rings. The third kappa shape index (κ3) is 4.80. The fourth-order valence-corrected chi connectivity index (χ4v) is 3.41. The number of amides is 1. The summed E-state index contributed by atoms with van der Waals surface area (Å²) >= 11 is 0. The molecule has 2 N–H and O–H groups in total. The topological polar surface area (TPSA) is 77.0 Å². The lowest BCUT2D eigenvalue weighted by Crippen LogP contribution is -2.43. The number of benzene rings is 1. The molecule has 0 bridgehead atoms. The molecule has 0 aliphatic carbocycles. The maximum absolute atomic E-state index is 13.6. The first-order valence-electron chi connectivity index (χ1n) is 9.59. The van der Waals surface area contributed by atoms with Crippen molar-refractivity contribution >= 4 is 30.9 Å². The van der Waals surface area contributed by atoms with Crippen molar-refractivity contribution < 1.29 is 22.4 Å². The molecule has 11 heteroatoms. The number of aromatic nitrogens is 3. The Morgan fingerprint density at radius 1 is 1.12 bits per heavy atom. The summed E-state index contributed by atoms with van der Waals surface area (Å²) in [7, 11) is 0. The molecule has 172 valence electrons. The third-order valence-corrected chi connectivity index (χ3v) is 5.02. The Hall–Kier alpha value is -3.52. The van der Waals surface area contributed by atoms with E-state index < -0.39 is 23.8 Å². The summed E-state index contributed by atoms with van der Waals surface area (Å²) in [5, 5.41) is 4.26. The van der Waals surface area contributed by atoms with Gasteiger partial charge in [0.2, 0.25) is 6.17 Å². The second-order valence-electron chi connectivity index (χ2n) is 7.33. The Labute approximate surface area is 193 Å². The quantitative estimate of drug-likeness (QED) is 0.444. The van der Waals surface area contributed by atoms with E-state index in [4.69, 9.17) is 5.73 Å². The normalized spacial score (nSPS) is 16.3. The smallest absolute Gasteiger partial charge is 0.384 e. The van der Waals surface area contributed by atoms with Crippen molar-refractivity contribution in [1.82, 2.24) is 14.8 Å². The Bertz CT molecular complexity index is 1210. The molecule has 1 aliphatic rings. The average Bonchev–Trinajstić information content (AvgIpc) is 3.20. The van der Waals surface area contributed by atoms with Crippen LogP contribution in [0, 0.1) is 11.8 Å². The highest BCUT2D eigenvalue weighted by Crippen LogP contribution is 2.37. The Kier molecular flexibility index (Phi) is 6.69. The van der Waals surface area contributed by atoms with Crippen LogP contribution in [0.15, 0.2) is 48.8 Å². The summed E-state index contributed by atoms with van der Waals surface area (Å²) in [5.41, 5.74) is 6.67. The average molecular weight is 477 g/mol. The van der Waals surface area contributed by atoms with Gasteiger partial charge in [-0.25, -0.2) is 9.37 Å². The first-order chi connectivity index (χ1) is 15.1. The number of pyridine rings is 1. The number of carbonyl (C=O) groups excluding carboxylic acids is 1. The number of hydrogen-bond acceptors (Lipinski definition) is 4. The Balaban J connectivity index is 0.00000306. The fourth-order valence-electron chi connectivity index (χ4n) is 3.41. The monoisotopic (exact) mass is 477 g/mol. The second kappa shape index (κ2) is 9.15. The molecule has 2 aromatic heterocycles. The van der Waals surface area contributed by atoms with Crippen molar-refractivity contribution in [1.29, 1.82) is 0 Å². The summed E-state index contributed by atoms with van der Waals surface area (Å²) in [4.78, 5) is 18.6. The molecule has 1 aliphatic heterocycles. The van der Waals surface area contributed by atoms with E-state index in [-0.39, 0.29) is 31.8 Å². The number of halogens is 4. The van der Waals surface area contributed by atoms with Crippen LogP contribution in [0.1, 0.15) is 46.3 Å². The van der Waals surface area contributed by atoms with Gasteiger partial charge in [0, 0.05) is 24.0 Å². The summed E-state index contributed by atoms with van der Waals surface area (Å²) in [5.74, 6) is 5.78. The molecular weight excluding hydrogens is 458 g/mol. The molecule has 6 nitrogen and oxygen atoms in total. The van der Waals surface area contributed by atoms with E-state index in [0.29, 0.717) is 22.6 Å². The maximum atomic E-state index is 13.6. The minimum Gasteiger partial charge on any atom is -0.384 e. The fraction of sp³-hybridized carbons (Fsp3) is 0.227. The number of hydrogen-bond donors (Lipinski definition) is 1. The molecule has 2 atom stereocenters. The largest absolute Gasteiger partial charge is 0.423 e. The Morgan fingerprint density at radius 3 is 2.42 bits per heavy atom. The second-order valence-corrected chi connectivity index (χ2v) is 7.33. The number of rotatable bonds is 2. The molecule has 0 fully saturated rings. The molecular formula is C22H19F4N5OS. The van der Waals surface area contributed by atoms with Gasteiger partial charge in [0.05, 0.1) is 17.8 Å². The number of nitrogens with zero attached hydrogens (tertiary/aromatic N) is 4. The summed E-state index contributed by atoms with van der Waals surface area (Å²) in [6, 6.07) is 7.77. The predicted octanol–water partition coefficient (Wildman–Crippen LogP) is 4.17. The Morgan fingerprint density at radius 2 is 1.82 bits per heavy atom. The zero-order valence-electron chi connectivity index (χ0n) is 17.3. The van der Waals surface area contributed by atoms with Gasteiger partial charge in [0.1, 0.15) is 11.5 Å². The van der Waals surface area contributed by atoms with E-state index in [1.54, 1.807) is 16.8 Å². The van der Waals surface area contributed by atoms with Crippen molar-refractivity contribution in [3.05, 3.63) is 71.2 Å². The molecule has 0 saturated heterocycles. The predicted molar refractivity (Wildman–Crippen MR) is 120 cm³/mol. The van der Waals surface area contributed by atoms with Gasteiger partial charge in [0.25, 0.3) is 5.91 Å². The standard InChI is InChI=1S/C22H17F4N5O.H2S/c1-13-12-30(17-7-5-15(6-8-17)20(23)22(24,25)26)21(32)19-16(11-29-31(13)19)4-2-14-3-9-18(27)28-10-14;/h3,5-11,13,20H,12H2,1H3,(H2,27,28);1H2/t13-,20?;/m0./s1. The summed E-state index contributed by atoms with van der Waals surface area (Å²) in [6.07, 6.45) is -5.07. The van der Waals surface area contributed by atoms with E-state index in [0.717, 1.165) is 12.1 Å². The SMILES string of the molecule is C[C@H]1CN(c2ccc(C(F)C(F)(F)F)cc2)C(=O)c2c(C#Cc3ccc(N)nc3)cnn21.S. The number of carbonyl (C=O) groups is 1. The van der Waals surface area contributed by atoms with Gasteiger partial charge in [-0.3, -0.25) is 9.48 Å². The highest BCUT2D eigenvalue weighted by Gasteiger charge is 2.41. The number of fused-ring (bicyclic) bond motifs is 1. The molecule has 4 rings (SSSR count). The van der Waals surface area contributed by atoms with Gasteiger partial charge in [0.15, 0.2) is 0 Å². The number of alkyl halides is 4. The zero-order valence-corrected chi connectivity index (χ0v) is 18.3. The van der Waals surface area contributed by atoms with E-state index in [2.05, 4.69) is 21.9 Å². The molecule has 1 aromatic carbocycles.